The first-order chi connectivity index (χ1) is 11.5. The first kappa shape index (κ1) is 18.1. The number of hydrogen-bond acceptors (Lipinski definition) is 4. The molecule has 2 rings (SSSR count). The van der Waals surface area contributed by atoms with Crippen molar-refractivity contribution in [3.8, 4) is 5.75 Å². The minimum Gasteiger partial charge on any atom is -0.494 e. The van der Waals surface area contributed by atoms with Gasteiger partial charge in [-0.2, -0.15) is 0 Å². The van der Waals surface area contributed by atoms with Crippen LogP contribution in [0.2, 0.25) is 10.0 Å². The molecule has 5 nitrogen and oxygen atoms in total. The number of ether oxygens (including phenoxy) is 2. The summed E-state index contributed by atoms with van der Waals surface area (Å²) in [6.07, 6.45) is 0. The van der Waals surface area contributed by atoms with Gasteiger partial charge < -0.3 is 14.8 Å². The van der Waals surface area contributed by atoms with E-state index in [0.29, 0.717) is 33.7 Å². The van der Waals surface area contributed by atoms with Gasteiger partial charge >= 0.3 is 5.97 Å². The van der Waals surface area contributed by atoms with Gasteiger partial charge in [-0.3, -0.25) is 4.79 Å². The number of benzene rings is 2. The number of carbonyl (C=O) groups is 2. The molecule has 1 N–H and O–H groups in total. The zero-order valence-electron chi connectivity index (χ0n) is 12.8. The lowest BCUT2D eigenvalue weighted by atomic mass is 10.2. The number of anilines is 1. The maximum Gasteiger partial charge on any atom is 0.338 e. The Hall–Kier alpha value is -2.24. The van der Waals surface area contributed by atoms with Crippen molar-refractivity contribution in [1.82, 2.24) is 0 Å². The summed E-state index contributed by atoms with van der Waals surface area (Å²) >= 11 is 11.7. The summed E-state index contributed by atoms with van der Waals surface area (Å²) in [6.45, 7) is 1.98. The van der Waals surface area contributed by atoms with E-state index < -0.39 is 18.5 Å². The van der Waals surface area contributed by atoms with Crippen LogP contribution in [0, 0.1) is 0 Å². The fourth-order valence-corrected chi connectivity index (χ4v) is 2.30. The standard InChI is InChI=1S/C17H15Cl2NO4/c1-2-23-13-6-3-11(4-7-13)17(22)24-10-16(21)20-15-8-5-12(18)9-14(15)19/h3-9H,2,10H2,1H3,(H,20,21). The van der Waals surface area contributed by atoms with Crippen molar-refractivity contribution in [2.45, 2.75) is 6.92 Å². The molecule has 0 unspecified atom stereocenters. The van der Waals surface area contributed by atoms with Crippen LogP contribution < -0.4 is 10.1 Å². The van der Waals surface area contributed by atoms with E-state index in [9.17, 15) is 9.59 Å². The van der Waals surface area contributed by atoms with Crippen molar-refractivity contribution in [2.24, 2.45) is 0 Å². The summed E-state index contributed by atoms with van der Waals surface area (Å²) in [5.74, 6) is -0.446. The zero-order valence-corrected chi connectivity index (χ0v) is 14.4. The molecule has 126 valence electrons. The van der Waals surface area contributed by atoms with Crippen molar-refractivity contribution < 1.29 is 19.1 Å². The predicted molar refractivity (Wildman–Crippen MR) is 93.0 cm³/mol. The minimum absolute atomic E-state index is 0.300. The molecule has 0 atom stereocenters. The van der Waals surface area contributed by atoms with Crippen LogP contribution in [0.1, 0.15) is 17.3 Å². The van der Waals surface area contributed by atoms with Gasteiger partial charge in [-0.05, 0) is 49.4 Å². The van der Waals surface area contributed by atoms with E-state index in [1.165, 1.54) is 6.07 Å². The van der Waals surface area contributed by atoms with Gasteiger partial charge in [-0.15, -0.1) is 0 Å². The van der Waals surface area contributed by atoms with Crippen LogP contribution in [0.15, 0.2) is 42.5 Å². The number of hydrogen-bond donors (Lipinski definition) is 1. The molecule has 0 aromatic heterocycles. The average molecular weight is 368 g/mol. The molecule has 7 heteroatoms. The van der Waals surface area contributed by atoms with Crippen LogP contribution in [0.5, 0.6) is 5.75 Å². The molecule has 0 aliphatic heterocycles. The second kappa shape index (κ2) is 8.57. The van der Waals surface area contributed by atoms with Crippen LogP contribution >= 0.6 is 23.2 Å². The summed E-state index contributed by atoms with van der Waals surface area (Å²) < 4.78 is 10.3. The van der Waals surface area contributed by atoms with Gasteiger partial charge in [0.05, 0.1) is 22.9 Å². The second-order valence-electron chi connectivity index (χ2n) is 4.71. The molecule has 0 heterocycles. The Morgan fingerprint density at radius 1 is 1.08 bits per heavy atom. The quantitative estimate of drug-likeness (QED) is 0.777. The maximum absolute atomic E-state index is 11.9. The molecule has 2 aromatic carbocycles. The van der Waals surface area contributed by atoms with Crippen molar-refractivity contribution in [1.29, 1.82) is 0 Å². The van der Waals surface area contributed by atoms with Gasteiger partial charge in [0.1, 0.15) is 5.75 Å². The summed E-state index contributed by atoms with van der Waals surface area (Å²) in [5.41, 5.74) is 0.721. The van der Waals surface area contributed by atoms with E-state index in [1.807, 2.05) is 6.92 Å². The third-order valence-corrected chi connectivity index (χ3v) is 3.49. The Morgan fingerprint density at radius 3 is 2.42 bits per heavy atom. The summed E-state index contributed by atoms with van der Waals surface area (Å²) in [5, 5.41) is 3.30. The topological polar surface area (TPSA) is 64.6 Å². The fraction of sp³-hybridized carbons (Fsp3) is 0.176. The third-order valence-electron chi connectivity index (χ3n) is 2.94. The number of carbonyl (C=O) groups excluding carboxylic acids is 2. The number of esters is 1. The smallest absolute Gasteiger partial charge is 0.338 e. The van der Waals surface area contributed by atoms with Crippen molar-refractivity contribution in [3.63, 3.8) is 0 Å². The van der Waals surface area contributed by atoms with E-state index >= 15 is 0 Å². The van der Waals surface area contributed by atoms with Crippen molar-refractivity contribution in [3.05, 3.63) is 58.1 Å². The second-order valence-corrected chi connectivity index (χ2v) is 5.55. The highest BCUT2D eigenvalue weighted by Crippen LogP contribution is 2.25. The molecule has 1 amide bonds. The SMILES string of the molecule is CCOc1ccc(C(=O)OCC(=O)Nc2ccc(Cl)cc2Cl)cc1. The predicted octanol–water partition coefficient (Wildman–Crippen LogP) is 4.19. The van der Waals surface area contributed by atoms with E-state index in [1.54, 1.807) is 36.4 Å². The Balaban J connectivity index is 1.87. The Labute approximate surface area is 149 Å². The van der Waals surface area contributed by atoms with Crippen LogP contribution in [-0.4, -0.2) is 25.1 Å². The van der Waals surface area contributed by atoms with Crippen molar-refractivity contribution >= 4 is 40.8 Å². The molecule has 0 radical (unpaired) electrons. The molecular weight excluding hydrogens is 353 g/mol. The lowest BCUT2D eigenvalue weighted by Crippen LogP contribution is -2.21. The molecule has 0 bridgehead atoms. The van der Waals surface area contributed by atoms with E-state index in [0.717, 1.165) is 0 Å². The van der Waals surface area contributed by atoms with Crippen molar-refractivity contribution in [2.75, 3.05) is 18.5 Å². The number of nitrogens with one attached hydrogen (secondary N) is 1. The molecule has 0 aliphatic carbocycles. The molecule has 0 fully saturated rings. The van der Waals surface area contributed by atoms with Crippen LogP contribution in [0.25, 0.3) is 0 Å². The van der Waals surface area contributed by atoms with E-state index in [-0.39, 0.29) is 0 Å². The molecular formula is C17H15Cl2NO4. The fourth-order valence-electron chi connectivity index (χ4n) is 1.85. The summed E-state index contributed by atoms with van der Waals surface area (Å²) in [4.78, 5) is 23.7. The van der Waals surface area contributed by atoms with Gasteiger partial charge in [0.15, 0.2) is 6.61 Å². The van der Waals surface area contributed by atoms with Gasteiger partial charge in [-0.25, -0.2) is 4.79 Å². The lowest BCUT2D eigenvalue weighted by Gasteiger charge is -2.09. The Bertz CT molecular complexity index is 732. The Kier molecular flexibility index (Phi) is 6.46. The first-order valence-electron chi connectivity index (χ1n) is 7.14. The first-order valence-corrected chi connectivity index (χ1v) is 7.90. The molecule has 0 aliphatic rings. The molecule has 2 aromatic rings. The maximum atomic E-state index is 11.9. The third kappa shape index (κ3) is 5.15. The number of halogens is 2. The summed E-state index contributed by atoms with van der Waals surface area (Å²) in [7, 11) is 0. The van der Waals surface area contributed by atoms with Gasteiger partial charge in [0.25, 0.3) is 5.91 Å². The Morgan fingerprint density at radius 2 is 1.79 bits per heavy atom. The lowest BCUT2D eigenvalue weighted by molar-refractivity contribution is -0.119. The monoisotopic (exact) mass is 367 g/mol. The van der Waals surface area contributed by atoms with E-state index in [2.05, 4.69) is 5.32 Å². The van der Waals surface area contributed by atoms with Crippen LogP contribution in [-0.2, 0) is 9.53 Å². The number of rotatable bonds is 6. The normalized spacial score (nSPS) is 10.1. The zero-order chi connectivity index (χ0) is 17.5. The highest BCUT2D eigenvalue weighted by Gasteiger charge is 2.12. The molecule has 24 heavy (non-hydrogen) atoms. The van der Waals surface area contributed by atoms with Gasteiger partial charge in [-0.1, -0.05) is 23.2 Å². The van der Waals surface area contributed by atoms with Gasteiger partial charge in [0.2, 0.25) is 0 Å². The molecule has 0 saturated heterocycles. The molecule has 0 saturated carbocycles. The van der Waals surface area contributed by atoms with E-state index in [4.69, 9.17) is 32.7 Å². The minimum atomic E-state index is -0.601. The van der Waals surface area contributed by atoms with Gasteiger partial charge in [0, 0.05) is 5.02 Å². The average Bonchev–Trinajstić information content (AvgIpc) is 2.56. The largest absolute Gasteiger partial charge is 0.494 e. The highest BCUT2D eigenvalue weighted by molar-refractivity contribution is 6.36. The molecule has 0 spiro atoms. The summed E-state index contributed by atoms with van der Waals surface area (Å²) in [6, 6.07) is 11.1. The highest BCUT2D eigenvalue weighted by atomic mass is 35.5. The number of amides is 1. The van der Waals surface area contributed by atoms with Crippen LogP contribution in [0.4, 0.5) is 5.69 Å². The van der Waals surface area contributed by atoms with Crippen LogP contribution in [0.3, 0.4) is 0 Å².